The van der Waals surface area contributed by atoms with Crippen LogP contribution in [-0.4, -0.2) is 69.1 Å². The molecule has 0 bridgehead atoms. The maximum absolute atomic E-state index is 13.1. The lowest BCUT2D eigenvalue weighted by Crippen LogP contribution is -2.49. The summed E-state index contributed by atoms with van der Waals surface area (Å²) in [6.45, 7) is 1.87. The van der Waals surface area contributed by atoms with Crippen molar-refractivity contribution in [2.45, 2.75) is 0 Å². The van der Waals surface area contributed by atoms with Gasteiger partial charge in [-0.25, -0.2) is 14.8 Å². The second-order valence-corrected chi connectivity index (χ2v) is 8.34. The van der Waals surface area contributed by atoms with E-state index in [1.807, 2.05) is 41.3 Å². The number of carbonyl (C=O) groups is 1. The Labute approximate surface area is 204 Å². The molecule has 2 aromatic carbocycles. The van der Waals surface area contributed by atoms with Gasteiger partial charge in [0.1, 0.15) is 23.2 Å². The topological polar surface area (TPSA) is 119 Å². The Morgan fingerprint density at radius 2 is 1.83 bits per heavy atom. The van der Waals surface area contributed by atoms with E-state index >= 15 is 0 Å². The summed E-state index contributed by atoms with van der Waals surface area (Å²) in [7, 11) is 1.61. The first-order valence-corrected chi connectivity index (χ1v) is 11.4. The summed E-state index contributed by atoms with van der Waals surface area (Å²) >= 11 is 0. The number of piperazine rings is 1. The molecule has 11 heteroatoms. The first-order valence-electron chi connectivity index (χ1n) is 11.4. The fraction of sp³-hybridized carbons (Fsp3) is 0.200. The van der Waals surface area contributed by atoms with Crippen molar-refractivity contribution in [1.29, 1.82) is 0 Å². The molecule has 6 rings (SSSR count). The monoisotopic (exact) mass is 483 g/mol. The van der Waals surface area contributed by atoms with E-state index in [-0.39, 0.29) is 11.5 Å². The highest BCUT2D eigenvalue weighted by Crippen LogP contribution is 2.25. The van der Waals surface area contributed by atoms with Gasteiger partial charge < -0.3 is 19.0 Å². The number of nitrogens with zero attached hydrogens (tertiary/aromatic N) is 7. The minimum atomic E-state index is -0.632. The molecule has 1 fully saturated rings. The van der Waals surface area contributed by atoms with E-state index in [1.165, 1.54) is 6.33 Å². The van der Waals surface area contributed by atoms with Gasteiger partial charge in [0.2, 0.25) is 0 Å². The minimum Gasteiger partial charge on any atom is -0.497 e. The van der Waals surface area contributed by atoms with Crippen LogP contribution in [0.3, 0.4) is 0 Å². The van der Waals surface area contributed by atoms with E-state index in [4.69, 9.17) is 9.15 Å². The largest absolute Gasteiger partial charge is 0.497 e. The molecule has 11 nitrogen and oxygen atoms in total. The van der Waals surface area contributed by atoms with Crippen LogP contribution >= 0.6 is 0 Å². The highest BCUT2D eigenvalue weighted by Gasteiger charge is 2.27. The summed E-state index contributed by atoms with van der Waals surface area (Å²) in [5, 5.41) is 9.34. The molecule has 5 aromatic rings. The van der Waals surface area contributed by atoms with Gasteiger partial charge in [0.25, 0.3) is 5.91 Å². The van der Waals surface area contributed by atoms with Gasteiger partial charge in [0.15, 0.2) is 17.0 Å². The third-order valence-corrected chi connectivity index (χ3v) is 6.25. The number of methoxy groups -OCH3 is 1. The summed E-state index contributed by atoms with van der Waals surface area (Å²) in [5.74, 6) is 1.00. The first-order chi connectivity index (χ1) is 17.6. The number of fused-ring (bicyclic) bond motifs is 2. The van der Waals surface area contributed by atoms with E-state index in [0.717, 1.165) is 5.69 Å². The predicted molar refractivity (Wildman–Crippen MR) is 132 cm³/mol. The van der Waals surface area contributed by atoms with Crippen molar-refractivity contribution >= 4 is 33.9 Å². The van der Waals surface area contributed by atoms with Gasteiger partial charge in [-0.1, -0.05) is 29.5 Å². The molecule has 1 amide bonds. The van der Waals surface area contributed by atoms with Gasteiger partial charge >= 0.3 is 5.63 Å². The fourth-order valence-corrected chi connectivity index (χ4v) is 4.39. The van der Waals surface area contributed by atoms with Crippen LogP contribution in [0.15, 0.2) is 70.1 Å². The molecule has 1 saturated heterocycles. The molecule has 3 aromatic heterocycles. The van der Waals surface area contributed by atoms with Crippen LogP contribution in [0.2, 0.25) is 0 Å². The van der Waals surface area contributed by atoms with Crippen molar-refractivity contribution in [1.82, 2.24) is 29.9 Å². The number of para-hydroxylation sites is 1. The van der Waals surface area contributed by atoms with Crippen LogP contribution < -0.4 is 15.3 Å². The van der Waals surface area contributed by atoms with Crippen molar-refractivity contribution in [2.24, 2.45) is 0 Å². The van der Waals surface area contributed by atoms with Crippen molar-refractivity contribution in [3.05, 3.63) is 76.9 Å². The van der Waals surface area contributed by atoms with E-state index in [1.54, 1.807) is 34.9 Å². The van der Waals surface area contributed by atoms with Gasteiger partial charge in [-0.15, -0.1) is 5.10 Å². The summed E-state index contributed by atoms with van der Waals surface area (Å²) in [5.41, 5.74) is 1.76. The number of carbonyl (C=O) groups excluding carboxylic acids is 1. The molecule has 1 aliphatic heterocycles. The smallest absolute Gasteiger partial charge is 0.349 e. The summed E-state index contributed by atoms with van der Waals surface area (Å²) in [4.78, 5) is 38.1. The molecule has 0 saturated carbocycles. The van der Waals surface area contributed by atoms with Crippen LogP contribution in [0.1, 0.15) is 10.4 Å². The number of rotatable bonds is 4. The first kappa shape index (κ1) is 21.7. The number of anilines is 1. The third kappa shape index (κ3) is 3.70. The van der Waals surface area contributed by atoms with Gasteiger partial charge in [-0.05, 0) is 24.3 Å². The van der Waals surface area contributed by atoms with Crippen LogP contribution in [0.4, 0.5) is 5.82 Å². The summed E-state index contributed by atoms with van der Waals surface area (Å²) in [6.07, 6.45) is 1.48. The Morgan fingerprint density at radius 1 is 1.00 bits per heavy atom. The van der Waals surface area contributed by atoms with Crippen LogP contribution in [0.25, 0.3) is 27.8 Å². The number of benzene rings is 2. The van der Waals surface area contributed by atoms with Gasteiger partial charge in [-0.3, -0.25) is 4.79 Å². The molecule has 0 N–H and O–H groups in total. The summed E-state index contributed by atoms with van der Waals surface area (Å²) in [6, 6.07) is 16.2. The Kier molecular flexibility index (Phi) is 5.29. The molecule has 0 spiro atoms. The zero-order chi connectivity index (χ0) is 24.6. The van der Waals surface area contributed by atoms with Gasteiger partial charge in [0.05, 0.1) is 12.8 Å². The highest BCUT2D eigenvalue weighted by atomic mass is 16.5. The Bertz CT molecular complexity index is 1650. The van der Waals surface area contributed by atoms with E-state index in [9.17, 15) is 9.59 Å². The second-order valence-electron chi connectivity index (χ2n) is 8.34. The lowest BCUT2D eigenvalue weighted by atomic mass is 10.1. The van der Waals surface area contributed by atoms with Crippen molar-refractivity contribution in [3.63, 3.8) is 0 Å². The maximum atomic E-state index is 13.1. The lowest BCUT2D eigenvalue weighted by Gasteiger charge is -2.35. The Hall–Kier alpha value is -4.80. The van der Waals surface area contributed by atoms with Crippen molar-refractivity contribution in [3.8, 4) is 11.4 Å². The zero-order valence-electron chi connectivity index (χ0n) is 19.4. The molecule has 1 aliphatic rings. The van der Waals surface area contributed by atoms with Crippen LogP contribution in [0.5, 0.6) is 5.75 Å². The average molecular weight is 483 g/mol. The standard InChI is InChI=1S/C25H21N7O4/c1-35-18-7-4-6-17(14-18)32-23-21(28-29-32)22(26-15-27-23)30-9-11-31(12-10-30)24(33)19-13-16-5-2-3-8-20(16)36-25(19)34/h2-8,13-15H,9-12H2,1H3. The van der Waals surface area contributed by atoms with Gasteiger partial charge in [0, 0.05) is 37.6 Å². The lowest BCUT2D eigenvalue weighted by molar-refractivity contribution is 0.0742. The number of aromatic nitrogens is 5. The summed E-state index contributed by atoms with van der Waals surface area (Å²) < 4.78 is 12.3. The maximum Gasteiger partial charge on any atom is 0.349 e. The molecule has 180 valence electrons. The Morgan fingerprint density at radius 3 is 2.67 bits per heavy atom. The number of amides is 1. The fourth-order valence-electron chi connectivity index (χ4n) is 4.39. The zero-order valence-corrected chi connectivity index (χ0v) is 19.4. The Balaban J connectivity index is 1.23. The molecule has 0 atom stereocenters. The second kappa shape index (κ2) is 8.77. The van der Waals surface area contributed by atoms with E-state index in [2.05, 4.69) is 20.3 Å². The molecule has 0 unspecified atom stereocenters. The number of ether oxygens (including phenoxy) is 1. The molecule has 0 aliphatic carbocycles. The van der Waals surface area contributed by atoms with E-state index in [0.29, 0.717) is 59.9 Å². The number of hydrogen-bond acceptors (Lipinski definition) is 9. The molecular weight excluding hydrogens is 462 g/mol. The minimum absolute atomic E-state index is 0.0350. The quantitative estimate of drug-likeness (QED) is 0.355. The SMILES string of the molecule is COc1cccc(-n2nnc3c(N4CCN(C(=O)c5cc6ccccc6oc5=O)CC4)ncnc32)c1. The van der Waals surface area contributed by atoms with Crippen LogP contribution in [-0.2, 0) is 0 Å². The van der Waals surface area contributed by atoms with E-state index < -0.39 is 5.63 Å². The van der Waals surface area contributed by atoms with Gasteiger partial charge in [-0.2, -0.15) is 4.68 Å². The molecule has 36 heavy (non-hydrogen) atoms. The van der Waals surface area contributed by atoms with Crippen molar-refractivity contribution in [2.75, 3.05) is 38.2 Å². The number of hydrogen-bond donors (Lipinski definition) is 0. The molecule has 0 radical (unpaired) electrons. The average Bonchev–Trinajstić information content (AvgIpc) is 3.37. The highest BCUT2D eigenvalue weighted by molar-refractivity contribution is 5.97. The third-order valence-electron chi connectivity index (χ3n) is 6.25. The normalized spacial score (nSPS) is 13.9. The van der Waals surface area contributed by atoms with Crippen molar-refractivity contribution < 1.29 is 13.9 Å². The predicted octanol–water partition coefficient (Wildman–Crippen LogP) is 2.29. The van der Waals surface area contributed by atoms with Crippen LogP contribution in [0, 0.1) is 0 Å². The molecule has 4 heterocycles. The molecular formula is C25H21N7O4.